The van der Waals surface area contributed by atoms with Gasteiger partial charge in [0, 0.05) is 38.5 Å². The molecule has 2 unspecified atom stereocenters. The van der Waals surface area contributed by atoms with Crippen molar-refractivity contribution < 1.29 is 9.47 Å². The van der Waals surface area contributed by atoms with Crippen LogP contribution in [0.25, 0.3) is 0 Å². The van der Waals surface area contributed by atoms with Crippen molar-refractivity contribution in [2.45, 2.75) is 25.9 Å². The highest BCUT2D eigenvalue weighted by Gasteiger charge is 2.21. The van der Waals surface area contributed by atoms with Crippen molar-refractivity contribution in [1.82, 2.24) is 4.90 Å². The van der Waals surface area contributed by atoms with E-state index in [1.807, 2.05) is 12.1 Å². The van der Waals surface area contributed by atoms with Crippen LogP contribution < -0.4 is 5.73 Å². The van der Waals surface area contributed by atoms with Gasteiger partial charge >= 0.3 is 0 Å². The maximum atomic E-state index is 5.74. The Kier molecular flexibility index (Phi) is 6.84. The molecule has 0 radical (unpaired) electrons. The van der Waals surface area contributed by atoms with E-state index in [1.165, 1.54) is 5.56 Å². The van der Waals surface area contributed by atoms with Crippen LogP contribution in [0.4, 0.5) is 5.69 Å². The van der Waals surface area contributed by atoms with Crippen molar-refractivity contribution in [3.05, 3.63) is 29.8 Å². The molecule has 0 aromatic heterocycles. The topological polar surface area (TPSA) is 47.7 Å². The number of methoxy groups -OCH3 is 2. The van der Waals surface area contributed by atoms with Crippen LogP contribution in [-0.4, -0.2) is 44.9 Å². The standard InChI is InChI=1S/C15H26N2O2/c1-12(11-19-4)17(9-10-18-3)13(2)14-5-7-15(16)8-6-14/h5-8,12-13H,9-11,16H2,1-4H3. The number of nitrogens with two attached hydrogens (primary N) is 1. The summed E-state index contributed by atoms with van der Waals surface area (Å²) in [5, 5.41) is 0. The van der Waals surface area contributed by atoms with Gasteiger partial charge in [-0.1, -0.05) is 12.1 Å². The number of anilines is 1. The van der Waals surface area contributed by atoms with Gasteiger partial charge in [-0.05, 0) is 31.5 Å². The van der Waals surface area contributed by atoms with Crippen molar-refractivity contribution in [3.8, 4) is 0 Å². The zero-order chi connectivity index (χ0) is 14.3. The summed E-state index contributed by atoms with van der Waals surface area (Å²) in [5.41, 5.74) is 7.79. The highest BCUT2D eigenvalue weighted by atomic mass is 16.5. The number of nitrogens with zero attached hydrogens (tertiary/aromatic N) is 1. The second kappa shape index (κ2) is 8.15. The Morgan fingerprint density at radius 2 is 1.74 bits per heavy atom. The van der Waals surface area contributed by atoms with Crippen molar-refractivity contribution in [3.63, 3.8) is 0 Å². The first-order valence-corrected chi connectivity index (χ1v) is 6.69. The SMILES string of the molecule is COCCN(C(C)COC)C(C)c1ccc(N)cc1. The molecule has 2 N–H and O–H groups in total. The van der Waals surface area contributed by atoms with Gasteiger partial charge in [0.2, 0.25) is 0 Å². The van der Waals surface area contributed by atoms with Gasteiger partial charge in [0.25, 0.3) is 0 Å². The quantitative estimate of drug-likeness (QED) is 0.734. The van der Waals surface area contributed by atoms with Crippen LogP contribution in [0.5, 0.6) is 0 Å². The number of hydrogen-bond donors (Lipinski definition) is 1. The summed E-state index contributed by atoms with van der Waals surface area (Å²) in [5.74, 6) is 0. The molecule has 1 aromatic rings. The Morgan fingerprint density at radius 1 is 1.11 bits per heavy atom. The molecule has 19 heavy (non-hydrogen) atoms. The van der Waals surface area contributed by atoms with E-state index in [9.17, 15) is 0 Å². The summed E-state index contributed by atoms with van der Waals surface area (Å²) in [4.78, 5) is 2.39. The van der Waals surface area contributed by atoms with Crippen molar-refractivity contribution in [2.24, 2.45) is 0 Å². The molecule has 4 nitrogen and oxygen atoms in total. The van der Waals surface area contributed by atoms with Crippen molar-refractivity contribution in [2.75, 3.05) is 39.7 Å². The molecule has 1 rings (SSSR count). The van der Waals surface area contributed by atoms with Gasteiger partial charge in [-0.3, -0.25) is 4.90 Å². The smallest absolute Gasteiger partial charge is 0.0615 e. The molecule has 0 aliphatic rings. The average molecular weight is 266 g/mol. The third-order valence-corrected chi connectivity index (χ3v) is 3.44. The highest BCUT2D eigenvalue weighted by Crippen LogP contribution is 2.23. The van der Waals surface area contributed by atoms with Gasteiger partial charge in [0.1, 0.15) is 0 Å². The van der Waals surface area contributed by atoms with E-state index >= 15 is 0 Å². The van der Waals surface area contributed by atoms with Crippen LogP contribution in [0, 0.1) is 0 Å². The van der Waals surface area contributed by atoms with E-state index in [0.717, 1.165) is 12.2 Å². The number of rotatable bonds is 8. The molecule has 0 spiro atoms. The van der Waals surface area contributed by atoms with Gasteiger partial charge in [0.05, 0.1) is 13.2 Å². The van der Waals surface area contributed by atoms with E-state index in [1.54, 1.807) is 14.2 Å². The lowest BCUT2D eigenvalue weighted by Gasteiger charge is -2.34. The predicted molar refractivity (Wildman–Crippen MR) is 79.2 cm³/mol. The van der Waals surface area contributed by atoms with E-state index in [4.69, 9.17) is 15.2 Å². The Bertz CT molecular complexity index is 354. The number of nitrogen functional groups attached to an aromatic ring is 1. The molecule has 1 aromatic carbocycles. The predicted octanol–water partition coefficient (Wildman–Crippen LogP) is 2.31. The van der Waals surface area contributed by atoms with E-state index in [2.05, 4.69) is 30.9 Å². The highest BCUT2D eigenvalue weighted by molar-refractivity contribution is 5.40. The van der Waals surface area contributed by atoms with Crippen LogP contribution >= 0.6 is 0 Å². The van der Waals surface area contributed by atoms with E-state index < -0.39 is 0 Å². The number of benzene rings is 1. The fourth-order valence-electron chi connectivity index (χ4n) is 2.30. The minimum Gasteiger partial charge on any atom is -0.399 e. The lowest BCUT2D eigenvalue weighted by molar-refractivity contribution is 0.0514. The molecule has 108 valence electrons. The molecule has 0 fully saturated rings. The number of ether oxygens (including phenoxy) is 2. The van der Waals surface area contributed by atoms with Gasteiger partial charge in [-0.15, -0.1) is 0 Å². The second-order valence-corrected chi connectivity index (χ2v) is 4.88. The molecular weight excluding hydrogens is 240 g/mol. The minimum absolute atomic E-state index is 0.306. The van der Waals surface area contributed by atoms with Crippen LogP contribution in [-0.2, 0) is 9.47 Å². The average Bonchev–Trinajstić information content (AvgIpc) is 2.40. The van der Waals surface area contributed by atoms with Gasteiger partial charge in [-0.2, -0.15) is 0 Å². The molecule has 2 atom stereocenters. The number of hydrogen-bond acceptors (Lipinski definition) is 4. The van der Waals surface area contributed by atoms with E-state index in [0.29, 0.717) is 25.3 Å². The molecule has 0 aliphatic heterocycles. The maximum Gasteiger partial charge on any atom is 0.0615 e. The molecule has 0 saturated carbocycles. The molecule has 0 heterocycles. The maximum absolute atomic E-state index is 5.74. The summed E-state index contributed by atoms with van der Waals surface area (Å²) in [7, 11) is 3.46. The van der Waals surface area contributed by atoms with Crippen LogP contribution in [0.15, 0.2) is 24.3 Å². The third-order valence-electron chi connectivity index (χ3n) is 3.44. The first kappa shape index (κ1) is 16.0. The fourth-order valence-corrected chi connectivity index (χ4v) is 2.30. The largest absolute Gasteiger partial charge is 0.399 e. The summed E-state index contributed by atoms with van der Waals surface area (Å²) >= 11 is 0. The molecular formula is C15H26N2O2. The Balaban J connectivity index is 2.79. The molecule has 0 amide bonds. The normalized spacial score (nSPS) is 14.6. The lowest BCUT2D eigenvalue weighted by Crippen LogP contribution is -2.40. The first-order valence-electron chi connectivity index (χ1n) is 6.69. The zero-order valence-electron chi connectivity index (χ0n) is 12.4. The summed E-state index contributed by atoms with van der Waals surface area (Å²) < 4.78 is 10.5. The van der Waals surface area contributed by atoms with Crippen LogP contribution in [0.1, 0.15) is 25.5 Å². The molecule has 0 saturated heterocycles. The van der Waals surface area contributed by atoms with Gasteiger partial charge in [-0.25, -0.2) is 0 Å². The molecule has 0 aliphatic carbocycles. The van der Waals surface area contributed by atoms with E-state index in [-0.39, 0.29) is 0 Å². The lowest BCUT2D eigenvalue weighted by atomic mass is 10.0. The zero-order valence-corrected chi connectivity index (χ0v) is 12.4. The van der Waals surface area contributed by atoms with Gasteiger partial charge < -0.3 is 15.2 Å². The summed E-state index contributed by atoms with van der Waals surface area (Å²) in [6.07, 6.45) is 0. The minimum atomic E-state index is 0.306. The van der Waals surface area contributed by atoms with Crippen molar-refractivity contribution >= 4 is 5.69 Å². The Hall–Kier alpha value is -1.10. The Morgan fingerprint density at radius 3 is 2.26 bits per heavy atom. The fraction of sp³-hybridized carbons (Fsp3) is 0.600. The summed E-state index contributed by atoms with van der Waals surface area (Å²) in [6.45, 7) is 6.68. The van der Waals surface area contributed by atoms with Gasteiger partial charge in [0.15, 0.2) is 0 Å². The van der Waals surface area contributed by atoms with Crippen molar-refractivity contribution in [1.29, 1.82) is 0 Å². The monoisotopic (exact) mass is 266 g/mol. The Labute approximate surface area is 116 Å². The summed E-state index contributed by atoms with van der Waals surface area (Å²) in [6, 6.07) is 8.70. The molecule has 4 heteroatoms. The second-order valence-electron chi connectivity index (χ2n) is 4.88. The van der Waals surface area contributed by atoms with Crippen LogP contribution in [0.3, 0.4) is 0 Å². The molecule has 0 bridgehead atoms. The third kappa shape index (κ3) is 4.82. The first-order chi connectivity index (χ1) is 9.10. The van der Waals surface area contributed by atoms with Crippen LogP contribution in [0.2, 0.25) is 0 Å².